The fraction of sp³-hybridized carbons (Fsp3) is 0.333. The number of carbonyl (C=O) groups excluding carboxylic acids is 2. The molecule has 0 saturated carbocycles. The number of hydrogen-bond acceptors (Lipinski definition) is 7. The zero-order chi connectivity index (χ0) is 20.7. The van der Waals surface area contributed by atoms with E-state index in [1.807, 2.05) is 0 Å². The molecule has 1 unspecified atom stereocenters. The van der Waals surface area contributed by atoms with Crippen molar-refractivity contribution in [2.45, 2.75) is 19.4 Å². The van der Waals surface area contributed by atoms with Gasteiger partial charge in [-0.2, -0.15) is 0 Å². The largest absolute Gasteiger partial charge is 0.479 e. The number of Topliss-reactive ketones (excluding diaryl/α,β-unsaturated/α-hetero) is 1. The number of rotatable bonds is 10. The third kappa shape index (κ3) is 7.70. The molecule has 0 spiro atoms. The molecule has 1 atom stereocenters. The Morgan fingerprint density at radius 3 is 2.50 bits per heavy atom. The van der Waals surface area contributed by atoms with Crippen molar-refractivity contribution >= 4 is 49.0 Å². The molecule has 1 N–H and O–H groups in total. The lowest BCUT2D eigenvalue weighted by molar-refractivity contribution is -0.149. The summed E-state index contributed by atoms with van der Waals surface area (Å²) < 4.78 is 35.9. The summed E-state index contributed by atoms with van der Waals surface area (Å²) in [5.41, 5.74) is 0. The minimum Gasteiger partial charge on any atom is -0.479 e. The summed E-state index contributed by atoms with van der Waals surface area (Å²) in [6, 6.07) is 10.4. The number of halogens is 1. The minimum absolute atomic E-state index is 0.257. The minimum atomic E-state index is -3.24. The number of carbonyl (C=O) groups is 2. The Balaban J connectivity index is 1.79. The van der Waals surface area contributed by atoms with E-state index in [9.17, 15) is 18.0 Å². The average Bonchev–Trinajstić information content (AvgIpc) is 3.09. The van der Waals surface area contributed by atoms with Crippen LogP contribution in [-0.4, -0.2) is 45.7 Å². The van der Waals surface area contributed by atoms with Gasteiger partial charge in [0.2, 0.25) is 15.8 Å². The maximum atomic E-state index is 12.2. The molecule has 1 aromatic heterocycles. The molecule has 0 aliphatic rings. The Morgan fingerprint density at radius 1 is 1.18 bits per heavy atom. The molecule has 0 aliphatic carbocycles. The van der Waals surface area contributed by atoms with Gasteiger partial charge < -0.3 is 9.47 Å². The zero-order valence-electron chi connectivity index (χ0n) is 15.3. The third-order valence-electron chi connectivity index (χ3n) is 3.48. The van der Waals surface area contributed by atoms with Crippen molar-refractivity contribution in [3.63, 3.8) is 0 Å². The number of ether oxygens (including phenoxy) is 2. The molecule has 152 valence electrons. The first-order valence-corrected chi connectivity index (χ1v) is 11.8. The molecule has 2 rings (SSSR count). The number of esters is 1. The van der Waals surface area contributed by atoms with Gasteiger partial charge in [-0.1, -0.05) is 15.9 Å². The molecule has 1 heterocycles. The van der Waals surface area contributed by atoms with Gasteiger partial charge in [0, 0.05) is 15.9 Å². The van der Waals surface area contributed by atoms with E-state index in [1.54, 1.807) is 43.3 Å². The summed E-state index contributed by atoms with van der Waals surface area (Å²) in [7, 11) is -3.24. The van der Waals surface area contributed by atoms with Gasteiger partial charge in [-0.3, -0.25) is 4.79 Å². The second kappa shape index (κ2) is 10.1. The van der Waals surface area contributed by atoms with E-state index < -0.39 is 22.1 Å². The highest BCUT2D eigenvalue weighted by molar-refractivity contribution is 9.10. The molecule has 0 saturated heterocycles. The topological polar surface area (TPSA) is 98.8 Å². The number of sulfonamides is 1. The fourth-order valence-electron chi connectivity index (χ4n) is 2.11. The fourth-order valence-corrected chi connectivity index (χ4v) is 3.78. The summed E-state index contributed by atoms with van der Waals surface area (Å²) in [4.78, 5) is 25.5. The van der Waals surface area contributed by atoms with E-state index in [-0.39, 0.29) is 18.9 Å². The van der Waals surface area contributed by atoms with Crippen LogP contribution in [0.25, 0.3) is 0 Å². The van der Waals surface area contributed by atoms with Crippen LogP contribution in [0.5, 0.6) is 5.75 Å². The van der Waals surface area contributed by atoms with Gasteiger partial charge >= 0.3 is 5.97 Å². The smallest absolute Gasteiger partial charge is 0.347 e. The van der Waals surface area contributed by atoms with E-state index in [4.69, 9.17) is 9.47 Å². The lowest BCUT2D eigenvalue weighted by atomic mass is 10.3. The van der Waals surface area contributed by atoms with Crippen LogP contribution in [0, 0.1) is 0 Å². The molecular formula is C18H20BrNO6S2. The van der Waals surface area contributed by atoms with Gasteiger partial charge in [0.1, 0.15) is 5.75 Å². The summed E-state index contributed by atoms with van der Waals surface area (Å²) in [5.74, 6) is -0.438. The summed E-state index contributed by atoms with van der Waals surface area (Å²) in [6.07, 6.45) is 0.713. The number of nitrogens with one attached hydrogen (secondary N) is 1. The van der Waals surface area contributed by atoms with Gasteiger partial charge in [-0.25, -0.2) is 17.9 Å². The second-order valence-corrected chi connectivity index (χ2v) is 9.84. The molecule has 0 radical (unpaired) electrons. The zero-order valence-corrected chi connectivity index (χ0v) is 18.5. The predicted octanol–water partition coefficient (Wildman–Crippen LogP) is 2.80. The van der Waals surface area contributed by atoms with Crippen molar-refractivity contribution in [2.24, 2.45) is 0 Å². The highest BCUT2D eigenvalue weighted by Crippen LogP contribution is 2.19. The molecule has 7 nitrogen and oxygen atoms in total. The van der Waals surface area contributed by atoms with Crippen LogP contribution < -0.4 is 9.46 Å². The van der Waals surface area contributed by atoms with Crippen LogP contribution in [0.1, 0.15) is 21.5 Å². The van der Waals surface area contributed by atoms with Crippen LogP contribution >= 0.6 is 27.3 Å². The highest BCUT2D eigenvalue weighted by atomic mass is 79.9. The van der Waals surface area contributed by atoms with Crippen LogP contribution in [-0.2, 0) is 26.0 Å². The van der Waals surface area contributed by atoms with Crippen LogP contribution in [0.3, 0.4) is 0 Å². The van der Waals surface area contributed by atoms with E-state index in [2.05, 4.69) is 20.7 Å². The van der Waals surface area contributed by atoms with Crippen molar-refractivity contribution in [1.82, 2.24) is 4.72 Å². The monoisotopic (exact) mass is 489 g/mol. The second-order valence-electron chi connectivity index (χ2n) is 5.93. The van der Waals surface area contributed by atoms with Crippen molar-refractivity contribution in [2.75, 3.05) is 19.4 Å². The standard InChI is InChI=1S/C18H20BrNO6S2/c1-12(26-14-5-3-13(19)4-6-14)18(22)25-11-16(21)17-8-7-15(27-17)9-10-20-28(2,23)24/h3-8,12,20H,9-11H2,1-2H3. The number of benzene rings is 1. The van der Waals surface area contributed by atoms with E-state index >= 15 is 0 Å². The first-order chi connectivity index (χ1) is 13.1. The van der Waals surface area contributed by atoms with Gasteiger partial charge in [-0.15, -0.1) is 11.3 Å². The van der Waals surface area contributed by atoms with E-state index in [0.29, 0.717) is 17.0 Å². The molecule has 10 heteroatoms. The Kier molecular flexibility index (Phi) is 8.17. The lowest BCUT2D eigenvalue weighted by Crippen LogP contribution is -2.28. The Morgan fingerprint density at radius 2 is 1.86 bits per heavy atom. The number of ketones is 1. The molecule has 0 bridgehead atoms. The Hall–Kier alpha value is -1.75. The Labute approximate surface area is 176 Å². The molecule has 0 amide bonds. The van der Waals surface area contributed by atoms with Crippen molar-refractivity contribution in [3.8, 4) is 5.75 Å². The van der Waals surface area contributed by atoms with Crippen LogP contribution in [0.4, 0.5) is 0 Å². The number of thiophene rings is 1. The van der Waals surface area contributed by atoms with Gasteiger partial charge in [0.25, 0.3) is 0 Å². The van der Waals surface area contributed by atoms with Gasteiger partial charge in [0.15, 0.2) is 12.7 Å². The molecule has 2 aromatic rings. The Bertz CT molecular complexity index is 924. The van der Waals surface area contributed by atoms with Crippen LogP contribution in [0.15, 0.2) is 40.9 Å². The van der Waals surface area contributed by atoms with Gasteiger partial charge in [0.05, 0.1) is 11.1 Å². The summed E-state index contributed by atoms with van der Waals surface area (Å²) >= 11 is 4.56. The maximum Gasteiger partial charge on any atom is 0.347 e. The lowest BCUT2D eigenvalue weighted by Gasteiger charge is -2.13. The van der Waals surface area contributed by atoms with E-state index in [1.165, 1.54) is 11.3 Å². The van der Waals surface area contributed by atoms with E-state index in [0.717, 1.165) is 15.6 Å². The number of hydrogen-bond donors (Lipinski definition) is 1. The first-order valence-electron chi connectivity index (χ1n) is 8.29. The van der Waals surface area contributed by atoms with Crippen molar-refractivity contribution in [3.05, 3.63) is 50.6 Å². The van der Waals surface area contributed by atoms with Crippen molar-refractivity contribution in [1.29, 1.82) is 0 Å². The molecule has 0 aliphatic heterocycles. The normalized spacial score (nSPS) is 12.4. The third-order valence-corrected chi connectivity index (χ3v) is 5.92. The maximum absolute atomic E-state index is 12.2. The molecule has 1 aromatic carbocycles. The van der Waals surface area contributed by atoms with Gasteiger partial charge in [-0.05, 0) is 49.7 Å². The molecule has 28 heavy (non-hydrogen) atoms. The molecular weight excluding hydrogens is 470 g/mol. The van der Waals surface area contributed by atoms with Crippen LogP contribution in [0.2, 0.25) is 0 Å². The average molecular weight is 490 g/mol. The summed E-state index contributed by atoms with van der Waals surface area (Å²) in [6.45, 7) is 1.42. The first kappa shape index (κ1) is 22.5. The SMILES string of the molecule is CC(Oc1ccc(Br)cc1)C(=O)OCC(=O)c1ccc(CCNS(C)(=O)=O)s1. The highest BCUT2D eigenvalue weighted by Gasteiger charge is 2.19. The summed E-state index contributed by atoms with van der Waals surface area (Å²) in [5, 5.41) is 0. The quantitative estimate of drug-likeness (QED) is 0.406. The van der Waals surface area contributed by atoms with Crippen molar-refractivity contribution < 1.29 is 27.5 Å². The predicted molar refractivity (Wildman–Crippen MR) is 110 cm³/mol. The molecule has 0 fully saturated rings.